The van der Waals surface area contributed by atoms with Gasteiger partial charge in [0.15, 0.2) is 0 Å². The van der Waals surface area contributed by atoms with Gasteiger partial charge in [-0.05, 0) is 69.7 Å². The molecule has 1 saturated carbocycles. The standard InChI is InChI=1S/C27H37N5O3.ClH/c1-4-19-14-24-22(25-23(26(33)29-24)16-28-32(25)20-8-7-9-20)15-21(19)27(34)31-12-11-30(18(2)17-31)10-5-6-13-35-3;/h14-16,18,20H,4-13,17H2,1-3H3,(H,29,33);1H/t18-;/m1./s1. The molecule has 36 heavy (non-hydrogen) atoms. The van der Waals surface area contributed by atoms with Crippen LogP contribution < -0.4 is 5.56 Å². The van der Waals surface area contributed by atoms with Gasteiger partial charge in [-0.2, -0.15) is 5.10 Å². The molecule has 1 amide bonds. The molecule has 0 bridgehead atoms. The molecule has 8 nitrogen and oxygen atoms in total. The second-order valence-corrected chi connectivity index (χ2v) is 10.1. The van der Waals surface area contributed by atoms with Gasteiger partial charge in [0.1, 0.15) is 0 Å². The average molecular weight is 516 g/mol. The highest BCUT2D eigenvalue weighted by Crippen LogP contribution is 2.35. The topological polar surface area (TPSA) is 83.5 Å². The number of benzene rings is 1. The Hall–Kier alpha value is -2.42. The van der Waals surface area contributed by atoms with E-state index < -0.39 is 0 Å². The lowest BCUT2D eigenvalue weighted by Crippen LogP contribution is -2.53. The number of ether oxygens (including phenoxy) is 1. The number of carbonyl (C=O) groups is 1. The molecule has 2 aliphatic rings. The SMILES string of the molecule is CCc1cc2[nH]c(=O)c3cnn(C4CCC4)c3c2cc1C(=O)N1CCN(CCCCOC)[C@H](C)C1.Cl. The summed E-state index contributed by atoms with van der Waals surface area (Å²) < 4.78 is 7.18. The zero-order valence-corrected chi connectivity index (χ0v) is 22.4. The van der Waals surface area contributed by atoms with Gasteiger partial charge in [0, 0.05) is 50.3 Å². The number of nitrogens with zero attached hydrogens (tertiary/aromatic N) is 4. The molecule has 1 N–H and O–H groups in total. The van der Waals surface area contributed by atoms with E-state index in [1.165, 1.54) is 6.42 Å². The minimum Gasteiger partial charge on any atom is -0.385 e. The molecule has 3 aromatic rings. The first-order chi connectivity index (χ1) is 17.0. The smallest absolute Gasteiger partial charge is 0.259 e. The lowest BCUT2D eigenvalue weighted by atomic mass is 9.93. The molecule has 1 saturated heterocycles. The van der Waals surface area contributed by atoms with Crippen molar-refractivity contribution in [2.45, 2.75) is 64.5 Å². The Balaban J connectivity index is 0.00000304. The molecule has 0 radical (unpaired) electrons. The highest BCUT2D eigenvalue weighted by molar-refractivity contribution is 6.07. The minimum absolute atomic E-state index is 0. The summed E-state index contributed by atoms with van der Waals surface area (Å²) in [6, 6.07) is 4.66. The van der Waals surface area contributed by atoms with E-state index in [4.69, 9.17) is 4.74 Å². The highest BCUT2D eigenvalue weighted by Gasteiger charge is 2.29. The highest BCUT2D eigenvalue weighted by atomic mass is 35.5. The van der Waals surface area contributed by atoms with Gasteiger partial charge < -0.3 is 14.6 Å². The van der Waals surface area contributed by atoms with E-state index in [1.54, 1.807) is 13.3 Å². The van der Waals surface area contributed by atoms with Crippen molar-refractivity contribution in [3.8, 4) is 0 Å². The van der Waals surface area contributed by atoms with E-state index in [0.29, 0.717) is 17.5 Å². The van der Waals surface area contributed by atoms with E-state index in [-0.39, 0.29) is 23.9 Å². The lowest BCUT2D eigenvalue weighted by Gasteiger charge is -2.40. The van der Waals surface area contributed by atoms with Crippen molar-refractivity contribution in [3.05, 3.63) is 39.8 Å². The third-order valence-electron chi connectivity index (χ3n) is 7.91. The van der Waals surface area contributed by atoms with Crippen molar-refractivity contribution in [2.75, 3.05) is 39.9 Å². The fraction of sp³-hybridized carbons (Fsp3) is 0.593. The van der Waals surface area contributed by atoms with Crippen LogP contribution in [0.5, 0.6) is 0 Å². The van der Waals surface area contributed by atoms with E-state index >= 15 is 0 Å². The maximum atomic E-state index is 13.8. The zero-order chi connectivity index (χ0) is 24.5. The normalized spacial score (nSPS) is 19.0. The number of unbranched alkanes of at least 4 members (excludes halogenated alkanes) is 1. The van der Waals surface area contributed by atoms with Gasteiger partial charge in [0.2, 0.25) is 0 Å². The number of piperazine rings is 1. The van der Waals surface area contributed by atoms with Gasteiger partial charge in [-0.25, -0.2) is 0 Å². The van der Waals surface area contributed by atoms with Crippen LogP contribution in [0, 0.1) is 0 Å². The van der Waals surface area contributed by atoms with Gasteiger partial charge in [-0.1, -0.05) is 6.92 Å². The van der Waals surface area contributed by atoms with Gasteiger partial charge >= 0.3 is 0 Å². The van der Waals surface area contributed by atoms with Crippen LogP contribution >= 0.6 is 12.4 Å². The Bertz CT molecular complexity index is 1280. The number of aryl methyl sites for hydroxylation is 1. The fourth-order valence-corrected chi connectivity index (χ4v) is 5.57. The summed E-state index contributed by atoms with van der Waals surface area (Å²) >= 11 is 0. The summed E-state index contributed by atoms with van der Waals surface area (Å²) in [5, 5.41) is 6.09. The number of hydrogen-bond acceptors (Lipinski definition) is 5. The number of amides is 1. The molecule has 5 rings (SSSR count). The molecule has 0 spiro atoms. The third-order valence-corrected chi connectivity index (χ3v) is 7.91. The number of pyridine rings is 1. The number of aromatic amines is 1. The van der Waals surface area contributed by atoms with Crippen LogP contribution in [0.1, 0.15) is 67.9 Å². The predicted molar refractivity (Wildman–Crippen MR) is 145 cm³/mol. The first-order valence-electron chi connectivity index (χ1n) is 13.1. The van der Waals surface area contributed by atoms with Crippen LogP contribution in [0.15, 0.2) is 23.1 Å². The summed E-state index contributed by atoms with van der Waals surface area (Å²) in [6.07, 6.45) is 7.93. The van der Waals surface area contributed by atoms with Gasteiger partial charge in [-0.3, -0.25) is 19.2 Å². The second kappa shape index (κ2) is 11.3. The number of methoxy groups -OCH3 is 1. The summed E-state index contributed by atoms with van der Waals surface area (Å²) in [4.78, 5) is 34.1. The summed E-state index contributed by atoms with van der Waals surface area (Å²) in [5.74, 6) is 0.0868. The molecular weight excluding hydrogens is 478 g/mol. The first-order valence-corrected chi connectivity index (χ1v) is 13.1. The number of hydrogen-bond donors (Lipinski definition) is 1. The Morgan fingerprint density at radius 2 is 2.00 bits per heavy atom. The molecule has 1 aliphatic heterocycles. The maximum absolute atomic E-state index is 13.8. The summed E-state index contributed by atoms with van der Waals surface area (Å²) in [5.41, 5.74) is 3.25. The van der Waals surface area contributed by atoms with Crippen LogP contribution in [-0.4, -0.2) is 76.4 Å². The van der Waals surface area contributed by atoms with Crippen LogP contribution in [0.2, 0.25) is 0 Å². The summed E-state index contributed by atoms with van der Waals surface area (Å²) in [7, 11) is 1.74. The van der Waals surface area contributed by atoms with Crippen molar-refractivity contribution in [1.82, 2.24) is 24.6 Å². The monoisotopic (exact) mass is 515 g/mol. The minimum atomic E-state index is -0.116. The van der Waals surface area contributed by atoms with Gasteiger partial charge in [0.25, 0.3) is 11.5 Å². The Morgan fingerprint density at radius 3 is 2.67 bits per heavy atom. The molecular formula is C27H38ClN5O3. The number of aromatic nitrogens is 3. The van der Waals surface area contributed by atoms with Crippen molar-refractivity contribution >= 4 is 40.1 Å². The molecule has 9 heteroatoms. The second-order valence-electron chi connectivity index (χ2n) is 10.1. The maximum Gasteiger partial charge on any atom is 0.259 e. The molecule has 1 aromatic carbocycles. The average Bonchev–Trinajstić information content (AvgIpc) is 3.26. The van der Waals surface area contributed by atoms with E-state index in [2.05, 4.69) is 28.8 Å². The quantitative estimate of drug-likeness (QED) is 0.455. The van der Waals surface area contributed by atoms with Gasteiger partial charge in [0.05, 0.1) is 28.7 Å². The summed E-state index contributed by atoms with van der Waals surface area (Å²) in [6.45, 7) is 8.46. The van der Waals surface area contributed by atoms with E-state index in [9.17, 15) is 9.59 Å². The Kier molecular flexibility index (Phi) is 8.37. The van der Waals surface area contributed by atoms with Crippen molar-refractivity contribution in [2.24, 2.45) is 0 Å². The van der Waals surface area contributed by atoms with Crippen molar-refractivity contribution < 1.29 is 9.53 Å². The van der Waals surface area contributed by atoms with Crippen molar-refractivity contribution in [1.29, 1.82) is 0 Å². The van der Waals surface area contributed by atoms with Crippen molar-refractivity contribution in [3.63, 3.8) is 0 Å². The Labute approximate surface area is 218 Å². The van der Waals surface area contributed by atoms with Crippen LogP contribution in [0.3, 0.4) is 0 Å². The lowest BCUT2D eigenvalue weighted by molar-refractivity contribution is 0.0505. The van der Waals surface area contributed by atoms with Crippen LogP contribution in [0.4, 0.5) is 0 Å². The van der Waals surface area contributed by atoms with E-state index in [1.807, 2.05) is 21.7 Å². The zero-order valence-electron chi connectivity index (χ0n) is 21.6. The predicted octanol–water partition coefficient (Wildman–Crippen LogP) is 4.16. The fourth-order valence-electron chi connectivity index (χ4n) is 5.57. The largest absolute Gasteiger partial charge is 0.385 e. The van der Waals surface area contributed by atoms with E-state index in [0.717, 1.165) is 92.4 Å². The molecule has 2 aromatic heterocycles. The Morgan fingerprint density at radius 1 is 1.19 bits per heavy atom. The molecule has 0 unspecified atom stereocenters. The number of nitrogens with one attached hydrogen (secondary N) is 1. The molecule has 196 valence electrons. The molecule has 1 atom stereocenters. The molecule has 1 aliphatic carbocycles. The number of carbonyl (C=O) groups excluding carboxylic acids is 1. The van der Waals surface area contributed by atoms with Crippen LogP contribution in [0.25, 0.3) is 21.8 Å². The third kappa shape index (κ3) is 4.91. The number of halogens is 1. The number of fused-ring (bicyclic) bond motifs is 3. The number of rotatable bonds is 8. The van der Waals surface area contributed by atoms with Gasteiger partial charge in [-0.15, -0.1) is 12.4 Å². The number of H-pyrrole nitrogens is 1. The van der Waals surface area contributed by atoms with Crippen LogP contribution in [-0.2, 0) is 11.2 Å². The first kappa shape index (κ1) is 26.6. The molecule has 2 fully saturated rings. The molecule has 3 heterocycles.